The van der Waals surface area contributed by atoms with Gasteiger partial charge >= 0.3 is 0 Å². The lowest BCUT2D eigenvalue weighted by Gasteiger charge is -2.22. The van der Waals surface area contributed by atoms with Gasteiger partial charge < -0.3 is 5.32 Å². The van der Waals surface area contributed by atoms with Crippen molar-refractivity contribution in [3.05, 3.63) is 34.6 Å². The minimum atomic E-state index is -0.786. The average molecular weight is 326 g/mol. The lowest BCUT2D eigenvalue weighted by molar-refractivity contribution is -0.125. The Morgan fingerprint density at radius 3 is 3.05 bits per heavy atom. The van der Waals surface area contributed by atoms with Gasteiger partial charge in [0.1, 0.15) is 12.4 Å². The van der Waals surface area contributed by atoms with Crippen molar-refractivity contribution in [3.8, 4) is 0 Å². The molecule has 2 heterocycles. The first-order valence-electron chi connectivity index (χ1n) is 6.00. The SMILES string of the molecule is O=C1C[C@@H](C(=O)Nc2cc(Cl)ccc2Cl)n2ncnc2N1. The van der Waals surface area contributed by atoms with Gasteiger partial charge in [0.25, 0.3) is 0 Å². The van der Waals surface area contributed by atoms with E-state index in [-0.39, 0.29) is 18.3 Å². The minimum absolute atomic E-state index is 0.0274. The number of carbonyl (C=O) groups is 2. The number of nitrogens with zero attached hydrogens (tertiary/aromatic N) is 3. The van der Waals surface area contributed by atoms with Crippen molar-refractivity contribution < 1.29 is 9.59 Å². The molecule has 21 heavy (non-hydrogen) atoms. The minimum Gasteiger partial charge on any atom is -0.323 e. The van der Waals surface area contributed by atoms with E-state index < -0.39 is 11.9 Å². The van der Waals surface area contributed by atoms with Crippen LogP contribution >= 0.6 is 23.2 Å². The van der Waals surface area contributed by atoms with Crippen LogP contribution in [0.25, 0.3) is 0 Å². The molecule has 0 bridgehead atoms. The zero-order valence-corrected chi connectivity index (χ0v) is 12.0. The molecule has 9 heteroatoms. The molecule has 7 nitrogen and oxygen atoms in total. The number of halogens is 2. The Labute approximate surface area is 129 Å². The van der Waals surface area contributed by atoms with Gasteiger partial charge in [0.2, 0.25) is 17.8 Å². The van der Waals surface area contributed by atoms with Crippen LogP contribution in [0.2, 0.25) is 10.0 Å². The molecule has 0 radical (unpaired) electrons. The first kappa shape index (κ1) is 13.8. The second-order valence-electron chi connectivity index (χ2n) is 4.41. The van der Waals surface area contributed by atoms with Gasteiger partial charge in [-0.05, 0) is 18.2 Å². The van der Waals surface area contributed by atoms with Crippen LogP contribution in [0.15, 0.2) is 24.5 Å². The summed E-state index contributed by atoms with van der Waals surface area (Å²) >= 11 is 11.9. The first-order chi connectivity index (χ1) is 10.0. The summed E-state index contributed by atoms with van der Waals surface area (Å²) in [5, 5.41) is 9.92. The third-order valence-corrected chi connectivity index (χ3v) is 3.55. The topological polar surface area (TPSA) is 88.9 Å². The highest BCUT2D eigenvalue weighted by molar-refractivity contribution is 6.35. The molecular formula is C12H9Cl2N5O2. The van der Waals surface area contributed by atoms with Crippen molar-refractivity contribution in [1.29, 1.82) is 0 Å². The predicted octanol–water partition coefficient (Wildman–Crippen LogP) is 2.11. The number of carbonyl (C=O) groups excluding carboxylic acids is 2. The van der Waals surface area contributed by atoms with E-state index in [2.05, 4.69) is 20.7 Å². The number of rotatable bonds is 2. The number of hydrogen-bond donors (Lipinski definition) is 2. The molecule has 1 aliphatic rings. The van der Waals surface area contributed by atoms with E-state index in [9.17, 15) is 9.59 Å². The maximum Gasteiger partial charge on any atom is 0.249 e. The zero-order chi connectivity index (χ0) is 15.0. The van der Waals surface area contributed by atoms with Crippen molar-refractivity contribution in [2.24, 2.45) is 0 Å². The molecule has 0 spiro atoms. The van der Waals surface area contributed by atoms with Crippen LogP contribution in [0.5, 0.6) is 0 Å². The number of amides is 2. The molecule has 3 rings (SSSR count). The standard InChI is InChI=1S/C12H9Cl2N5O2/c13-6-1-2-7(14)8(3-6)17-11(21)9-4-10(20)18-12-15-5-16-19(9)12/h1-3,5,9H,4H2,(H,17,21)(H,15,16,18,20)/t9-/m0/s1. The highest BCUT2D eigenvalue weighted by atomic mass is 35.5. The second kappa shape index (κ2) is 5.34. The first-order valence-corrected chi connectivity index (χ1v) is 6.75. The average Bonchev–Trinajstić information content (AvgIpc) is 2.89. The number of hydrogen-bond acceptors (Lipinski definition) is 4. The third-order valence-electron chi connectivity index (χ3n) is 2.99. The van der Waals surface area contributed by atoms with Gasteiger partial charge in [-0.15, -0.1) is 0 Å². The fraction of sp³-hybridized carbons (Fsp3) is 0.167. The number of nitrogens with one attached hydrogen (secondary N) is 2. The Balaban J connectivity index is 1.86. The molecule has 0 aliphatic carbocycles. The lowest BCUT2D eigenvalue weighted by Crippen LogP contribution is -2.36. The van der Waals surface area contributed by atoms with Gasteiger partial charge in [0, 0.05) is 5.02 Å². The molecule has 1 aromatic carbocycles. The molecule has 0 saturated carbocycles. The van der Waals surface area contributed by atoms with Gasteiger partial charge in [0.05, 0.1) is 17.1 Å². The molecule has 1 atom stereocenters. The van der Waals surface area contributed by atoms with E-state index in [1.165, 1.54) is 17.1 Å². The van der Waals surface area contributed by atoms with Crippen LogP contribution in [0.1, 0.15) is 12.5 Å². The van der Waals surface area contributed by atoms with E-state index in [0.717, 1.165) is 0 Å². The molecule has 1 aliphatic heterocycles. The number of anilines is 2. The van der Waals surface area contributed by atoms with Crippen molar-refractivity contribution in [1.82, 2.24) is 14.8 Å². The van der Waals surface area contributed by atoms with Crippen LogP contribution < -0.4 is 10.6 Å². The summed E-state index contributed by atoms with van der Waals surface area (Å²) < 4.78 is 1.36. The zero-order valence-electron chi connectivity index (χ0n) is 10.5. The summed E-state index contributed by atoms with van der Waals surface area (Å²) in [5.74, 6) is -0.475. The monoisotopic (exact) mass is 325 g/mol. The highest BCUT2D eigenvalue weighted by Crippen LogP contribution is 2.28. The highest BCUT2D eigenvalue weighted by Gasteiger charge is 2.32. The Morgan fingerprint density at radius 1 is 1.43 bits per heavy atom. The fourth-order valence-electron chi connectivity index (χ4n) is 2.02. The molecule has 2 N–H and O–H groups in total. The predicted molar refractivity (Wildman–Crippen MR) is 77.4 cm³/mol. The van der Waals surface area contributed by atoms with E-state index >= 15 is 0 Å². The molecule has 0 unspecified atom stereocenters. The molecule has 108 valence electrons. The Morgan fingerprint density at radius 2 is 2.24 bits per heavy atom. The van der Waals surface area contributed by atoms with Crippen LogP contribution in [0.3, 0.4) is 0 Å². The number of fused-ring (bicyclic) bond motifs is 1. The van der Waals surface area contributed by atoms with Gasteiger partial charge in [-0.25, -0.2) is 4.68 Å². The molecular weight excluding hydrogens is 317 g/mol. The summed E-state index contributed by atoms with van der Waals surface area (Å²) in [6, 6.07) is 3.94. The summed E-state index contributed by atoms with van der Waals surface area (Å²) in [7, 11) is 0. The van der Waals surface area contributed by atoms with E-state index in [0.29, 0.717) is 15.7 Å². The maximum absolute atomic E-state index is 12.4. The summed E-state index contributed by atoms with van der Waals surface area (Å²) in [5.41, 5.74) is 0.377. The Bertz CT molecular complexity index is 730. The van der Waals surface area contributed by atoms with E-state index in [1.807, 2.05) is 0 Å². The molecule has 1 aromatic heterocycles. The molecule has 2 aromatic rings. The normalized spacial score (nSPS) is 17.0. The quantitative estimate of drug-likeness (QED) is 0.884. The maximum atomic E-state index is 12.4. The lowest BCUT2D eigenvalue weighted by atomic mass is 10.1. The van der Waals surface area contributed by atoms with Crippen molar-refractivity contribution in [2.75, 3.05) is 10.6 Å². The third kappa shape index (κ3) is 2.70. The number of aromatic nitrogens is 3. The van der Waals surface area contributed by atoms with Gasteiger partial charge in [-0.2, -0.15) is 10.1 Å². The van der Waals surface area contributed by atoms with Gasteiger partial charge in [-0.3, -0.25) is 14.9 Å². The van der Waals surface area contributed by atoms with Crippen molar-refractivity contribution in [3.63, 3.8) is 0 Å². The number of benzene rings is 1. The smallest absolute Gasteiger partial charge is 0.249 e. The van der Waals surface area contributed by atoms with Crippen molar-refractivity contribution >= 4 is 46.7 Å². The summed E-state index contributed by atoms with van der Waals surface area (Å²) in [4.78, 5) is 27.8. The summed E-state index contributed by atoms with van der Waals surface area (Å²) in [6.45, 7) is 0. The fourth-order valence-corrected chi connectivity index (χ4v) is 2.36. The Kier molecular flexibility index (Phi) is 3.52. The van der Waals surface area contributed by atoms with Crippen LogP contribution in [-0.2, 0) is 9.59 Å². The van der Waals surface area contributed by atoms with Gasteiger partial charge in [-0.1, -0.05) is 23.2 Å². The second-order valence-corrected chi connectivity index (χ2v) is 5.25. The van der Waals surface area contributed by atoms with E-state index in [1.54, 1.807) is 12.1 Å². The van der Waals surface area contributed by atoms with Crippen molar-refractivity contribution in [2.45, 2.75) is 12.5 Å². The van der Waals surface area contributed by atoms with Crippen LogP contribution in [0.4, 0.5) is 11.6 Å². The molecule has 2 amide bonds. The van der Waals surface area contributed by atoms with Gasteiger partial charge in [0.15, 0.2) is 0 Å². The molecule has 0 saturated heterocycles. The van der Waals surface area contributed by atoms with Crippen LogP contribution in [0, 0.1) is 0 Å². The summed E-state index contributed by atoms with van der Waals surface area (Å²) in [6.07, 6.45) is 1.24. The largest absolute Gasteiger partial charge is 0.323 e. The molecule has 0 fully saturated rings. The van der Waals surface area contributed by atoms with E-state index in [4.69, 9.17) is 23.2 Å². The Hall–Kier alpha value is -2.12. The van der Waals surface area contributed by atoms with Crippen LogP contribution in [-0.4, -0.2) is 26.6 Å².